The summed E-state index contributed by atoms with van der Waals surface area (Å²) in [7, 11) is 0. The molecule has 2 atom stereocenters. The van der Waals surface area contributed by atoms with Crippen molar-refractivity contribution in [3.63, 3.8) is 0 Å². The van der Waals surface area contributed by atoms with Gasteiger partial charge in [-0.05, 0) is 44.6 Å². The molecule has 3 aliphatic rings. The van der Waals surface area contributed by atoms with Crippen LogP contribution in [0.4, 0.5) is 5.95 Å². The van der Waals surface area contributed by atoms with Crippen LogP contribution in [-0.2, 0) is 22.4 Å². The summed E-state index contributed by atoms with van der Waals surface area (Å²) in [5.41, 5.74) is 0.787. The van der Waals surface area contributed by atoms with Crippen molar-refractivity contribution in [1.82, 2.24) is 9.97 Å². The lowest BCUT2D eigenvalue weighted by Gasteiger charge is -2.24. The number of anilines is 1. The molecule has 4 rings (SSSR count). The normalized spacial score (nSPS) is 31.4. The Morgan fingerprint density at radius 2 is 1.65 bits per heavy atom. The van der Waals surface area contributed by atoms with Gasteiger partial charge in [0.25, 0.3) is 0 Å². The molecule has 2 N–H and O–H groups in total. The first-order valence-corrected chi connectivity index (χ1v) is 7.98. The van der Waals surface area contributed by atoms with E-state index < -0.39 is 22.8 Å². The topological polar surface area (TPSA) is 104 Å². The van der Waals surface area contributed by atoms with Gasteiger partial charge in [-0.15, -0.1) is 0 Å². The Morgan fingerprint density at radius 3 is 2.26 bits per heavy atom. The van der Waals surface area contributed by atoms with E-state index in [-0.39, 0.29) is 19.5 Å². The van der Waals surface area contributed by atoms with Gasteiger partial charge in [0.15, 0.2) is 0 Å². The Morgan fingerprint density at radius 1 is 1.04 bits per heavy atom. The monoisotopic (exact) mass is 317 g/mol. The SMILES string of the molecule is Cc1nc(N2C[C@@]3(C(=O)O)C[C@@]3(C(=O)O)C2)nc2c1CCCC2. The fraction of sp³-hybridized carbons (Fsp3) is 0.625. The predicted molar refractivity (Wildman–Crippen MR) is 80.4 cm³/mol. The molecule has 1 aromatic rings. The summed E-state index contributed by atoms with van der Waals surface area (Å²) in [4.78, 5) is 34.1. The van der Waals surface area contributed by atoms with E-state index in [0.717, 1.165) is 37.1 Å². The molecule has 0 spiro atoms. The summed E-state index contributed by atoms with van der Waals surface area (Å²) in [6.45, 7) is 2.30. The number of carboxylic acid groups (broad SMARTS) is 2. The van der Waals surface area contributed by atoms with Gasteiger partial charge in [0.2, 0.25) is 5.95 Å². The van der Waals surface area contributed by atoms with Gasteiger partial charge < -0.3 is 15.1 Å². The lowest BCUT2D eigenvalue weighted by Crippen LogP contribution is -2.31. The second-order valence-corrected chi connectivity index (χ2v) is 7.05. The highest BCUT2D eigenvalue weighted by Crippen LogP contribution is 2.68. The first-order chi connectivity index (χ1) is 10.9. The van der Waals surface area contributed by atoms with Crippen LogP contribution in [0.5, 0.6) is 0 Å². The highest BCUT2D eigenvalue weighted by molar-refractivity contribution is 5.95. The maximum absolute atomic E-state index is 11.6. The molecule has 7 heteroatoms. The van der Waals surface area contributed by atoms with Crippen LogP contribution in [0.2, 0.25) is 0 Å². The first-order valence-electron chi connectivity index (χ1n) is 7.98. The van der Waals surface area contributed by atoms with Crippen LogP contribution < -0.4 is 4.90 Å². The van der Waals surface area contributed by atoms with Crippen molar-refractivity contribution in [3.8, 4) is 0 Å². The van der Waals surface area contributed by atoms with E-state index >= 15 is 0 Å². The number of fused-ring (bicyclic) bond motifs is 2. The number of rotatable bonds is 3. The maximum atomic E-state index is 11.6. The maximum Gasteiger partial charge on any atom is 0.312 e. The quantitative estimate of drug-likeness (QED) is 0.858. The van der Waals surface area contributed by atoms with Gasteiger partial charge >= 0.3 is 11.9 Å². The molecule has 122 valence electrons. The Hall–Kier alpha value is -2.18. The zero-order valence-electron chi connectivity index (χ0n) is 13.0. The van der Waals surface area contributed by atoms with Crippen LogP contribution in [-0.4, -0.2) is 45.2 Å². The largest absolute Gasteiger partial charge is 0.481 e. The molecule has 2 aliphatic carbocycles. The van der Waals surface area contributed by atoms with Gasteiger partial charge in [-0.25, -0.2) is 9.97 Å². The number of carbonyl (C=O) groups is 2. The molecule has 1 aromatic heterocycles. The third-order valence-electron chi connectivity index (χ3n) is 5.80. The second-order valence-electron chi connectivity index (χ2n) is 7.05. The Balaban J connectivity index is 1.70. The molecule has 1 aliphatic heterocycles. The van der Waals surface area contributed by atoms with Crippen molar-refractivity contribution < 1.29 is 19.8 Å². The minimum absolute atomic E-state index is 0.173. The molecule has 1 saturated carbocycles. The van der Waals surface area contributed by atoms with Gasteiger partial charge in [0.05, 0.1) is 0 Å². The summed E-state index contributed by atoms with van der Waals surface area (Å²) in [6.07, 6.45) is 4.34. The highest BCUT2D eigenvalue weighted by Gasteiger charge is 2.81. The molecule has 0 radical (unpaired) electrons. The number of piperidine rings is 1. The molecule has 0 bridgehead atoms. The van der Waals surface area contributed by atoms with Gasteiger partial charge in [-0.3, -0.25) is 9.59 Å². The number of aryl methyl sites for hydroxylation is 2. The second kappa shape index (κ2) is 4.43. The third kappa shape index (κ3) is 1.76. The Kier molecular flexibility index (Phi) is 2.77. The number of aliphatic carboxylic acids is 2. The number of hydrogen-bond donors (Lipinski definition) is 2. The van der Waals surface area contributed by atoms with Crippen LogP contribution in [0, 0.1) is 17.8 Å². The van der Waals surface area contributed by atoms with E-state index in [4.69, 9.17) is 0 Å². The molecule has 1 saturated heterocycles. The fourth-order valence-electron chi connectivity index (χ4n) is 4.34. The molecular formula is C16H19N3O4. The molecule has 0 amide bonds. The highest BCUT2D eigenvalue weighted by atomic mass is 16.4. The lowest BCUT2D eigenvalue weighted by molar-refractivity contribution is -0.151. The Labute approximate surface area is 133 Å². The molecule has 2 heterocycles. The van der Waals surface area contributed by atoms with Crippen LogP contribution in [0.15, 0.2) is 0 Å². The number of aromatic nitrogens is 2. The zero-order valence-corrected chi connectivity index (χ0v) is 13.0. The molecule has 23 heavy (non-hydrogen) atoms. The van der Waals surface area contributed by atoms with Crippen molar-refractivity contribution in [1.29, 1.82) is 0 Å². The minimum atomic E-state index is -1.19. The summed E-state index contributed by atoms with van der Waals surface area (Å²) in [5, 5.41) is 19.0. The average molecular weight is 317 g/mol. The lowest BCUT2D eigenvalue weighted by atomic mass is 9.95. The Bertz CT molecular complexity index is 706. The first kappa shape index (κ1) is 14.4. The van der Waals surface area contributed by atoms with Crippen molar-refractivity contribution in [2.45, 2.75) is 39.0 Å². The zero-order chi connectivity index (χ0) is 16.4. The van der Waals surface area contributed by atoms with E-state index in [1.165, 1.54) is 5.56 Å². The van der Waals surface area contributed by atoms with Crippen LogP contribution >= 0.6 is 0 Å². The van der Waals surface area contributed by atoms with Crippen molar-refractivity contribution in [3.05, 3.63) is 17.0 Å². The van der Waals surface area contributed by atoms with Crippen LogP contribution in [0.3, 0.4) is 0 Å². The minimum Gasteiger partial charge on any atom is -0.481 e. The number of hydrogen-bond acceptors (Lipinski definition) is 5. The summed E-state index contributed by atoms with van der Waals surface area (Å²) in [6, 6.07) is 0. The van der Waals surface area contributed by atoms with Gasteiger partial charge in [-0.2, -0.15) is 0 Å². The average Bonchev–Trinajstić information content (AvgIpc) is 3.06. The molecular weight excluding hydrogens is 298 g/mol. The van der Waals surface area contributed by atoms with Crippen molar-refractivity contribution in [2.24, 2.45) is 10.8 Å². The molecule has 2 fully saturated rings. The summed E-state index contributed by atoms with van der Waals surface area (Å²) < 4.78 is 0. The van der Waals surface area contributed by atoms with E-state index in [0.29, 0.717) is 5.95 Å². The smallest absolute Gasteiger partial charge is 0.312 e. The predicted octanol–water partition coefficient (Wildman–Crippen LogP) is 1.03. The van der Waals surface area contributed by atoms with Gasteiger partial charge in [-0.1, -0.05) is 0 Å². The van der Waals surface area contributed by atoms with Crippen molar-refractivity contribution in [2.75, 3.05) is 18.0 Å². The summed E-state index contributed by atoms with van der Waals surface area (Å²) >= 11 is 0. The number of nitrogens with zero attached hydrogens (tertiary/aromatic N) is 3. The van der Waals surface area contributed by atoms with E-state index in [1.54, 1.807) is 4.90 Å². The van der Waals surface area contributed by atoms with Crippen LogP contribution in [0.25, 0.3) is 0 Å². The third-order valence-corrected chi connectivity index (χ3v) is 5.80. The van der Waals surface area contributed by atoms with Crippen molar-refractivity contribution >= 4 is 17.9 Å². The molecule has 0 aromatic carbocycles. The molecule has 7 nitrogen and oxygen atoms in total. The van der Waals surface area contributed by atoms with E-state index in [1.807, 2.05) is 6.92 Å². The summed E-state index contributed by atoms with van der Waals surface area (Å²) in [5.74, 6) is -1.58. The number of carboxylic acids is 2. The van der Waals surface area contributed by atoms with Gasteiger partial charge in [0, 0.05) is 24.5 Å². The standard InChI is InChI=1S/C16H19N3O4/c1-9-10-4-2-3-5-11(10)18-14(17-9)19-7-15(12(20)21)6-16(15,8-19)13(22)23/h2-8H2,1H3,(H,20,21)(H,22,23)/t15-,16+. The van der Waals surface area contributed by atoms with E-state index in [9.17, 15) is 19.8 Å². The fourth-order valence-corrected chi connectivity index (χ4v) is 4.34. The van der Waals surface area contributed by atoms with E-state index in [2.05, 4.69) is 9.97 Å². The van der Waals surface area contributed by atoms with Gasteiger partial charge in [0.1, 0.15) is 10.8 Å². The molecule has 0 unspecified atom stereocenters. The van der Waals surface area contributed by atoms with Crippen LogP contribution in [0.1, 0.15) is 36.2 Å².